The van der Waals surface area contributed by atoms with Crippen LogP contribution in [0.15, 0.2) is 67.5 Å². The minimum Gasteiger partial charge on any atom is -0.264 e. The molecule has 0 saturated heterocycles. The van der Waals surface area contributed by atoms with Crippen molar-refractivity contribution in [2.24, 2.45) is 0 Å². The lowest BCUT2D eigenvalue weighted by Gasteiger charge is -2.06. The molecule has 0 fully saturated rings. The predicted molar refractivity (Wildman–Crippen MR) is 78.1 cm³/mol. The van der Waals surface area contributed by atoms with Gasteiger partial charge in [0.15, 0.2) is 0 Å². The molecule has 0 aliphatic carbocycles. The van der Waals surface area contributed by atoms with Gasteiger partial charge in [0.25, 0.3) is 0 Å². The average molecular weight is 235 g/mol. The van der Waals surface area contributed by atoms with Crippen molar-refractivity contribution < 1.29 is 0 Å². The zero-order chi connectivity index (χ0) is 12.8. The van der Waals surface area contributed by atoms with Crippen molar-refractivity contribution in [2.45, 2.75) is 13.3 Å². The van der Waals surface area contributed by atoms with E-state index in [1.54, 1.807) is 6.20 Å². The first-order valence-corrected chi connectivity index (χ1v) is 6.18. The summed E-state index contributed by atoms with van der Waals surface area (Å²) in [5.74, 6) is 0. The minimum absolute atomic E-state index is 1.01. The Morgan fingerprint density at radius 3 is 2.72 bits per heavy atom. The summed E-state index contributed by atoms with van der Waals surface area (Å²) >= 11 is 0. The Bertz CT molecular complexity index is 553. The van der Waals surface area contributed by atoms with Crippen molar-refractivity contribution in [3.63, 3.8) is 0 Å². The Labute approximate surface area is 109 Å². The Balaban J connectivity index is 2.42. The molecule has 0 amide bonds. The standard InChI is InChI=1S/C17H17N/c1-3-7-14(4-2)15-8-5-9-16(12-15)17-10-6-11-18-13-17/h4-13H,2-3H2,1H3/b14-7+. The summed E-state index contributed by atoms with van der Waals surface area (Å²) in [7, 11) is 0. The van der Waals surface area contributed by atoms with E-state index < -0.39 is 0 Å². The summed E-state index contributed by atoms with van der Waals surface area (Å²) < 4.78 is 0. The number of hydrogen-bond donors (Lipinski definition) is 0. The maximum atomic E-state index is 4.16. The molecule has 0 radical (unpaired) electrons. The fourth-order valence-corrected chi connectivity index (χ4v) is 1.95. The monoisotopic (exact) mass is 235 g/mol. The van der Waals surface area contributed by atoms with Gasteiger partial charge in [-0.25, -0.2) is 0 Å². The zero-order valence-electron chi connectivity index (χ0n) is 10.6. The lowest BCUT2D eigenvalue weighted by Crippen LogP contribution is -1.84. The summed E-state index contributed by atoms with van der Waals surface area (Å²) in [5, 5.41) is 0. The number of aromatic nitrogens is 1. The van der Waals surface area contributed by atoms with Gasteiger partial charge in [0.1, 0.15) is 0 Å². The van der Waals surface area contributed by atoms with Gasteiger partial charge in [-0.3, -0.25) is 4.98 Å². The van der Waals surface area contributed by atoms with E-state index in [2.05, 4.69) is 54.9 Å². The molecule has 1 heterocycles. The quantitative estimate of drug-likeness (QED) is 0.698. The maximum Gasteiger partial charge on any atom is 0.0346 e. The van der Waals surface area contributed by atoms with E-state index >= 15 is 0 Å². The van der Waals surface area contributed by atoms with Gasteiger partial charge in [-0.15, -0.1) is 0 Å². The lowest BCUT2D eigenvalue weighted by atomic mass is 9.99. The van der Waals surface area contributed by atoms with Crippen LogP contribution >= 0.6 is 0 Å². The first-order valence-electron chi connectivity index (χ1n) is 6.18. The van der Waals surface area contributed by atoms with Crippen LogP contribution in [0.3, 0.4) is 0 Å². The fraction of sp³-hybridized carbons (Fsp3) is 0.118. The predicted octanol–water partition coefficient (Wildman–Crippen LogP) is 4.73. The van der Waals surface area contributed by atoms with Crippen LogP contribution in [0.5, 0.6) is 0 Å². The van der Waals surface area contributed by atoms with Crippen LogP contribution in [0.4, 0.5) is 0 Å². The van der Waals surface area contributed by atoms with Crippen LogP contribution in [0, 0.1) is 0 Å². The van der Waals surface area contributed by atoms with Crippen LogP contribution in [-0.4, -0.2) is 4.98 Å². The summed E-state index contributed by atoms with van der Waals surface area (Å²) in [6, 6.07) is 12.5. The Hall–Kier alpha value is -2.15. The Morgan fingerprint density at radius 2 is 2.06 bits per heavy atom. The van der Waals surface area contributed by atoms with Crippen molar-refractivity contribution in [1.29, 1.82) is 0 Å². The number of nitrogens with zero attached hydrogens (tertiary/aromatic N) is 1. The van der Waals surface area contributed by atoms with E-state index in [-0.39, 0.29) is 0 Å². The Kier molecular flexibility index (Phi) is 4.08. The SMILES string of the molecule is C=C/C(=C\CC)c1cccc(-c2cccnc2)c1. The highest BCUT2D eigenvalue weighted by Crippen LogP contribution is 2.23. The van der Waals surface area contributed by atoms with Crippen molar-refractivity contribution in [2.75, 3.05) is 0 Å². The molecule has 1 heteroatoms. The number of hydrogen-bond acceptors (Lipinski definition) is 1. The summed E-state index contributed by atoms with van der Waals surface area (Å²) in [4.78, 5) is 4.16. The van der Waals surface area contributed by atoms with Gasteiger partial charge in [0, 0.05) is 18.0 Å². The lowest BCUT2D eigenvalue weighted by molar-refractivity contribution is 1.23. The van der Waals surface area contributed by atoms with Crippen LogP contribution < -0.4 is 0 Å². The molecule has 0 saturated carbocycles. The summed E-state index contributed by atoms with van der Waals surface area (Å²) in [6.07, 6.45) is 8.79. The van der Waals surface area contributed by atoms with Gasteiger partial charge >= 0.3 is 0 Å². The topological polar surface area (TPSA) is 12.9 Å². The third-order valence-corrected chi connectivity index (χ3v) is 2.83. The van der Waals surface area contributed by atoms with Crippen LogP contribution in [0.1, 0.15) is 18.9 Å². The van der Waals surface area contributed by atoms with E-state index in [0.29, 0.717) is 0 Å². The van der Waals surface area contributed by atoms with Crippen LogP contribution in [-0.2, 0) is 0 Å². The minimum atomic E-state index is 1.01. The van der Waals surface area contributed by atoms with Crippen molar-refractivity contribution >= 4 is 5.57 Å². The third-order valence-electron chi connectivity index (χ3n) is 2.83. The molecule has 1 aromatic carbocycles. The van der Waals surface area contributed by atoms with Gasteiger partial charge in [-0.05, 0) is 35.3 Å². The molecule has 0 unspecified atom stereocenters. The van der Waals surface area contributed by atoms with Crippen LogP contribution in [0.25, 0.3) is 16.7 Å². The van der Waals surface area contributed by atoms with Gasteiger partial charge in [-0.2, -0.15) is 0 Å². The summed E-state index contributed by atoms with van der Waals surface area (Å²) in [5.41, 5.74) is 4.71. The highest BCUT2D eigenvalue weighted by molar-refractivity contribution is 5.77. The van der Waals surface area contributed by atoms with Crippen LogP contribution in [0.2, 0.25) is 0 Å². The normalized spacial score (nSPS) is 11.3. The number of allylic oxidation sites excluding steroid dienone is 3. The first-order chi connectivity index (χ1) is 8.85. The third kappa shape index (κ3) is 2.75. The molecule has 0 aliphatic heterocycles. The van der Waals surface area contributed by atoms with Crippen molar-refractivity contribution in [1.82, 2.24) is 4.98 Å². The van der Waals surface area contributed by atoms with E-state index in [0.717, 1.165) is 12.0 Å². The highest BCUT2D eigenvalue weighted by atomic mass is 14.6. The molecule has 0 spiro atoms. The smallest absolute Gasteiger partial charge is 0.0346 e. The van der Waals surface area contributed by atoms with Crippen molar-refractivity contribution in [3.8, 4) is 11.1 Å². The molecule has 0 aliphatic rings. The summed E-state index contributed by atoms with van der Waals surface area (Å²) in [6.45, 7) is 6.01. The molecular weight excluding hydrogens is 218 g/mol. The second kappa shape index (κ2) is 5.97. The van der Waals surface area contributed by atoms with Gasteiger partial charge in [0.05, 0.1) is 0 Å². The molecular formula is C17H17N. The highest BCUT2D eigenvalue weighted by Gasteiger charge is 2.01. The molecule has 18 heavy (non-hydrogen) atoms. The molecule has 0 bridgehead atoms. The average Bonchev–Trinajstić information content (AvgIpc) is 2.46. The second-order valence-corrected chi connectivity index (χ2v) is 4.09. The molecule has 1 nitrogen and oxygen atoms in total. The van der Waals surface area contributed by atoms with E-state index in [4.69, 9.17) is 0 Å². The molecule has 0 N–H and O–H groups in total. The zero-order valence-corrected chi connectivity index (χ0v) is 10.6. The number of pyridine rings is 1. The van der Waals surface area contributed by atoms with Gasteiger partial charge < -0.3 is 0 Å². The van der Waals surface area contributed by atoms with E-state index in [1.165, 1.54) is 16.7 Å². The van der Waals surface area contributed by atoms with Crippen molar-refractivity contribution in [3.05, 3.63) is 73.1 Å². The molecule has 90 valence electrons. The molecule has 0 atom stereocenters. The van der Waals surface area contributed by atoms with E-state index in [9.17, 15) is 0 Å². The second-order valence-electron chi connectivity index (χ2n) is 4.09. The number of benzene rings is 1. The first kappa shape index (κ1) is 12.3. The molecule has 1 aromatic heterocycles. The fourth-order valence-electron chi connectivity index (χ4n) is 1.95. The van der Waals surface area contributed by atoms with Gasteiger partial charge in [0.2, 0.25) is 0 Å². The number of rotatable bonds is 4. The van der Waals surface area contributed by atoms with E-state index in [1.807, 2.05) is 18.3 Å². The largest absolute Gasteiger partial charge is 0.264 e. The molecule has 2 rings (SSSR count). The maximum absolute atomic E-state index is 4.16. The van der Waals surface area contributed by atoms with Gasteiger partial charge in [-0.1, -0.05) is 49.9 Å². The Morgan fingerprint density at radius 1 is 1.22 bits per heavy atom. The molecule has 2 aromatic rings.